The van der Waals surface area contributed by atoms with Crippen molar-refractivity contribution in [3.05, 3.63) is 47.5 Å². The molecule has 0 aliphatic heterocycles. The van der Waals surface area contributed by atoms with Gasteiger partial charge in [-0.15, -0.1) is 0 Å². The third-order valence-corrected chi connectivity index (χ3v) is 4.95. The number of carbonyl (C=O) groups excluding carboxylic acids is 1. The monoisotopic (exact) mass is 396 g/mol. The Bertz CT molecular complexity index is 1020. The zero-order valence-electron chi connectivity index (χ0n) is 17.7. The lowest BCUT2D eigenvalue weighted by Gasteiger charge is -2.14. The quantitative estimate of drug-likeness (QED) is 0.604. The number of aryl methyl sites for hydroxylation is 1. The van der Waals surface area contributed by atoms with Crippen LogP contribution < -0.4 is 4.74 Å². The van der Waals surface area contributed by atoms with Gasteiger partial charge in [0.25, 0.3) is 0 Å². The molecule has 6 heteroatoms. The molecule has 0 saturated heterocycles. The van der Waals surface area contributed by atoms with E-state index in [9.17, 15) is 9.90 Å². The summed E-state index contributed by atoms with van der Waals surface area (Å²) in [6.45, 7) is 5.29. The smallest absolute Gasteiger partial charge is 0.340 e. The number of methoxy groups -OCH3 is 1. The van der Waals surface area contributed by atoms with Crippen LogP contribution in [0, 0.1) is 0 Å². The fraction of sp³-hybridized carbons (Fsp3) is 0.348. The molecule has 29 heavy (non-hydrogen) atoms. The van der Waals surface area contributed by atoms with Crippen LogP contribution in [0.25, 0.3) is 22.2 Å². The minimum Gasteiger partial charge on any atom is -0.508 e. The molecule has 1 N–H and O–H groups in total. The van der Waals surface area contributed by atoms with Crippen LogP contribution in [0.2, 0.25) is 0 Å². The van der Waals surface area contributed by atoms with E-state index in [0.29, 0.717) is 18.7 Å². The Balaban J connectivity index is 2.42. The largest absolute Gasteiger partial charge is 0.508 e. The van der Waals surface area contributed by atoms with Gasteiger partial charge in [0.15, 0.2) is 0 Å². The number of rotatable bonds is 7. The van der Waals surface area contributed by atoms with Gasteiger partial charge >= 0.3 is 5.97 Å². The molecular weight excluding hydrogens is 368 g/mol. The molecule has 0 aliphatic rings. The molecule has 0 spiro atoms. The SMILES string of the molecule is CCOC(=O)c1c(-c2ccc(OC)cc2)n(CC)c2ccc(O)c(CN(C)C)c12. The maximum Gasteiger partial charge on any atom is 0.340 e. The van der Waals surface area contributed by atoms with E-state index in [2.05, 4.69) is 4.57 Å². The number of phenolic OH excluding ortho intramolecular Hbond substituents is 1. The van der Waals surface area contributed by atoms with Crippen LogP contribution in [0.5, 0.6) is 11.5 Å². The lowest BCUT2D eigenvalue weighted by molar-refractivity contribution is 0.0529. The van der Waals surface area contributed by atoms with Crippen LogP contribution in [-0.4, -0.2) is 48.4 Å². The van der Waals surface area contributed by atoms with E-state index in [-0.39, 0.29) is 18.3 Å². The molecule has 2 aromatic carbocycles. The first-order valence-electron chi connectivity index (χ1n) is 9.76. The first-order chi connectivity index (χ1) is 13.9. The number of fused-ring (bicyclic) bond motifs is 1. The number of nitrogens with zero attached hydrogens (tertiary/aromatic N) is 2. The van der Waals surface area contributed by atoms with Gasteiger partial charge in [-0.25, -0.2) is 4.79 Å². The highest BCUT2D eigenvalue weighted by Crippen LogP contribution is 2.40. The van der Waals surface area contributed by atoms with Crippen LogP contribution in [0.1, 0.15) is 29.8 Å². The van der Waals surface area contributed by atoms with Crippen LogP contribution in [0.4, 0.5) is 0 Å². The summed E-state index contributed by atoms with van der Waals surface area (Å²) in [6, 6.07) is 11.2. The van der Waals surface area contributed by atoms with Crippen molar-refractivity contribution in [3.8, 4) is 22.8 Å². The number of hydrogen-bond acceptors (Lipinski definition) is 5. The average molecular weight is 396 g/mol. The van der Waals surface area contributed by atoms with Gasteiger partial charge in [0, 0.05) is 29.6 Å². The number of esters is 1. The topological polar surface area (TPSA) is 63.9 Å². The van der Waals surface area contributed by atoms with Gasteiger partial charge in [-0.05, 0) is 69.9 Å². The van der Waals surface area contributed by atoms with Crippen molar-refractivity contribution in [1.29, 1.82) is 0 Å². The fourth-order valence-electron chi connectivity index (χ4n) is 3.76. The molecule has 6 nitrogen and oxygen atoms in total. The van der Waals surface area contributed by atoms with Crippen molar-refractivity contribution in [3.63, 3.8) is 0 Å². The predicted molar refractivity (Wildman–Crippen MR) is 115 cm³/mol. The zero-order chi connectivity index (χ0) is 21.1. The van der Waals surface area contributed by atoms with Gasteiger partial charge in [0.1, 0.15) is 11.5 Å². The van der Waals surface area contributed by atoms with Gasteiger partial charge in [-0.3, -0.25) is 0 Å². The Hall–Kier alpha value is -2.99. The minimum absolute atomic E-state index is 0.172. The standard InChI is InChI=1S/C23H28N2O4/c1-6-25-18-12-13-19(26)17(14-24(3)4)20(18)21(23(27)29-7-2)22(25)15-8-10-16(28-5)11-9-15/h8-13,26H,6-7,14H2,1-5H3. The Kier molecular flexibility index (Phi) is 6.13. The first kappa shape index (κ1) is 20.7. The van der Waals surface area contributed by atoms with Gasteiger partial charge in [0.05, 0.1) is 25.0 Å². The summed E-state index contributed by atoms with van der Waals surface area (Å²) in [6.07, 6.45) is 0. The molecule has 0 fully saturated rings. The van der Waals surface area contributed by atoms with Crippen molar-refractivity contribution in [2.45, 2.75) is 26.9 Å². The van der Waals surface area contributed by atoms with E-state index in [0.717, 1.165) is 33.5 Å². The maximum atomic E-state index is 13.1. The summed E-state index contributed by atoms with van der Waals surface area (Å²) in [5.41, 5.74) is 3.78. The molecule has 0 radical (unpaired) electrons. The second kappa shape index (κ2) is 8.57. The Morgan fingerprint density at radius 2 is 1.79 bits per heavy atom. The number of ether oxygens (including phenoxy) is 2. The van der Waals surface area contributed by atoms with Gasteiger partial charge < -0.3 is 24.0 Å². The summed E-state index contributed by atoms with van der Waals surface area (Å²) in [7, 11) is 5.49. The van der Waals surface area contributed by atoms with E-state index in [1.807, 2.05) is 56.3 Å². The number of aromatic nitrogens is 1. The molecule has 0 unspecified atom stereocenters. The molecular formula is C23H28N2O4. The lowest BCUT2D eigenvalue weighted by Crippen LogP contribution is -2.12. The molecule has 3 aromatic rings. The second-order valence-electron chi connectivity index (χ2n) is 7.11. The van der Waals surface area contributed by atoms with Crippen molar-refractivity contribution in [2.75, 3.05) is 27.8 Å². The molecule has 0 bridgehead atoms. The van der Waals surface area contributed by atoms with Crippen LogP contribution in [0.15, 0.2) is 36.4 Å². The minimum atomic E-state index is -0.388. The van der Waals surface area contributed by atoms with Gasteiger partial charge in [0.2, 0.25) is 0 Å². The highest BCUT2D eigenvalue weighted by Gasteiger charge is 2.27. The van der Waals surface area contributed by atoms with Crippen LogP contribution in [0.3, 0.4) is 0 Å². The van der Waals surface area contributed by atoms with E-state index in [1.165, 1.54) is 0 Å². The van der Waals surface area contributed by atoms with Gasteiger partial charge in [-0.2, -0.15) is 0 Å². The number of benzene rings is 2. The lowest BCUT2D eigenvalue weighted by atomic mass is 10.0. The van der Waals surface area contributed by atoms with E-state index in [1.54, 1.807) is 20.1 Å². The maximum absolute atomic E-state index is 13.1. The van der Waals surface area contributed by atoms with Gasteiger partial charge in [-0.1, -0.05) is 0 Å². The van der Waals surface area contributed by atoms with E-state index < -0.39 is 0 Å². The summed E-state index contributed by atoms with van der Waals surface area (Å²) in [4.78, 5) is 15.1. The van der Waals surface area contributed by atoms with Crippen LogP contribution >= 0.6 is 0 Å². The molecule has 1 heterocycles. The molecule has 0 amide bonds. The summed E-state index contributed by atoms with van der Waals surface area (Å²) in [5.74, 6) is 0.531. The Morgan fingerprint density at radius 1 is 1.10 bits per heavy atom. The molecule has 0 saturated carbocycles. The van der Waals surface area contributed by atoms with E-state index >= 15 is 0 Å². The number of phenols is 1. The fourth-order valence-corrected chi connectivity index (χ4v) is 3.76. The first-order valence-corrected chi connectivity index (χ1v) is 9.76. The van der Waals surface area contributed by atoms with Crippen molar-refractivity contribution in [1.82, 2.24) is 9.47 Å². The molecule has 0 atom stereocenters. The van der Waals surface area contributed by atoms with Crippen molar-refractivity contribution < 1.29 is 19.4 Å². The molecule has 0 aliphatic carbocycles. The summed E-state index contributed by atoms with van der Waals surface area (Å²) in [5, 5.41) is 11.3. The summed E-state index contributed by atoms with van der Waals surface area (Å²) >= 11 is 0. The zero-order valence-corrected chi connectivity index (χ0v) is 17.7. The second-order valence-corrected chi connectivity index (χ2v) is 7.11. The molecule has 1 aromatic heterocycles. The predicted octanol–water partition coefficient (Wildman–Crippen LogP) is 4.28. The highest BCUT2D eigenvalue weighted by atomic mass is 16.5. The number of carbonyl (C=O) groups is 1. The number of aromatic hydroxyl groups is 1. The highest BCUT2D eigenvalue weighted by molar-refractivity contribution is 6.12. The number of hydrogen-bond donors (Lipinski definition) is 1. The molecule has 3 rings (SSSR count). The average Bonchev–Trinajstić information content (AvgIpc) is 3.04. The Labute approximate surface area is 171 Å². The third kappa shape index (κ3) is 3.80. The van der Waals surface area contributed by atoms with Crippen molar-refractivity contribution in [2.24, 2.45) is 0 Å². The van der Waals surface area contributed by atoms with E-state index in [4.69, 9.17) is 9.47 Å². The van der Waals surface area contributed by atoms with Crippen molar-refractivity contribution >= 4 is 16.9 Å². The van der Waals surface area contributed by atoms with Crippen LogP contribution in [-0.2, 0) is 17.8 Å². The Morgan fingerprint density at radius 3 is 2.34 bits per heavy atom. The normalized spacial score (nSPS) is 11.2. The summed E-state index contributed by atoms with van der Waals surface area (Å²) < 4.78 is 12.8. The molecule has 154 valence electrons. The third-order valence-electron chi connectivity index (χ3n) is 4.95.